The van der Waals surface area contributed by atoms with E-state index >= 15 is 0 Å². The fourth-order valence-corrected chi connectivity index (χ4v) is 7.15. The Morgan fingerprint density at radius 2 is 1.73 bits per heavy atom. The lowest BCUT2D eigenvalue weighted by molar-refractivity contribution is -0.145. The molecule has 1 saturated heterocycles. The number of amides is 1. The number of hydrogen-bond donors (Lipinski definition) is 2. The van der Waals surface area contributed by atoms with Gasteiger partial charge in [0.15, 0.2) is 5.54 Å². The number of methoxy groups -OCH3 is 3. The summed E-state index contributed by atoms with van der Waals surface area (Å²) in [6, 6.07) is 11.2. The highest BCUT2D eigenvalue weighted by Gasteiger charge is 2.64. The van der Waals surface area contributed by atoms with Crippen LogP contribution < -0.4 is 18.5 Å². The van der Waals surface area contributed by atoms with Gasteiger partial charge in [0.1, 0.15) is 11.8 Å². The number of β-amino-alcohol motifs (C(OH)–C–C–N with tert-alkyl or cyclic N) is 1. The van der Waals surface area contributed by atoms with Crippen LogP contribution in [0.15, 0.2) is 59.5 Å². The highest BCUT2D eigenvalue weighted by Crippen LogP contribution is 2.54. The molecule has 2 aromatic carbocycles. The van der Waals surface area contributed by atoms with E-state index in [1.807, 2.05) is 0 Å². The second-order valence-corrected chi connectivity index (χ2v) is 11.7. The second-order valence-electron chi connectivity index (χ2n) is 9.43. The van der Waals surface area contributed by atoms with E-state index < -0.39 is 39.6 Å². The lowest BCUT2D eigenvalue weighted by atomic mass is 9.81. The first-order valence-electron chi connectivity index (χ1n) is 12.3. The predicted octanol–water partition coefficient (Wildman–Crippen LogP) is 2.26. The van der Waals surface area contributed by atoms with Crippen molar-refractivity contribution in [3.8, 4) is 17.5 Å². The van der Waals surface area contributed by atoms with Gasteiger partial charge in [-0.15, -0.1) is 0 Å². The van der Waals surface area contributed by atoms with Crippen LogP contribution in [-0.4, -0.2) is 80.4 Å². The van der Waals surface area contributed by atoms with Gasteiger partial charge in [0.05, 0.1) is 38.0 Å². The van der Waals surface area contributed by atoms with E-state index in [4.69, 9.17) is 25.8 Å². The zero-order valence-corrected chi connectivity index (χ0v) is 23.7. The van der Waals surface area contributed by atoms with Gasteiger partial charge in [-0.1, -0.05) is 11.6 Å². The first-order chi connectivity index (χ1) is 19.5. The standard InChI is InChI=1S/C27H26ClN3O9S/c1-38-17-5-7-18(8-6-17)41(36,37)31-21-10-4-15(28)12-20(21)27(26(31)35,30-14-16(32)13-22(30)25(33)34)19-9-11-23(39-2)29-24(19)40-3/h4-12,16,22,32H,13-14H2,1-3H3,(H,33,34)/t16-,22+,27?/m1/s1. The molecule has 1 aromatic heterocycles. The van der Waals surface area contributed by atoms with E-state index in [9.17, 15) is 28.2 Å². The molecule has 1 fully saturated rings. The van der Waals surface area contributed by atoms with Crippen molar-refractivity contribution in [2.45, 2.75) is 29.0 Å². The number of aromatic nitrogens is 1. The first kappa shape index (κ1) is 28.6. The average Bonchev–Trinajstić information content (AvgIpc) is 3.47. The Morgan fingerprint density at radius 3 is 2.34 bits per heavy atom. The van der Waals surface area contributed by atoms with Gasteiger partial charge in [-0.05, 0) is 48.5 Å². The number of carbonyl (C=O) groups is 2. The quantitative estimate of drug-likeness (QED) is 0.389. The van der Waals surface area contributed by atoms with Crippen molar-refractivity contribution in [1.29, 1.82) is 0 Å². The summed E-state index contributed by atoms with van der Waals surface area (Å²) >= 11 is 6.41. The van der Waals surface area contributed by atoms with Crippen molar-refractivity contribution in [2.75, 3.05) is 32.2 Å². The summed E-state index contributed by atoms with van der Waals surface area (Å²) in [4.78, 5) is 32.7. The molecular weight excluding hydrogens is 578 g/mol. The molecule has 12 nitrogen and oxygen atoms in total. The van der Waals surface area contributed by atoms with Crippen molar-refractivity contribution >= 4 is 39.2 Å². The van der Waals surface area contributed by atoms with Crippen molar-refractivity contribution < 1.29 is 42.4 Å². The van der Waals surface area contributed by atoms with Gasteiger partial charge in [0.25, 0.3) is 15.9 Å². The number of carboxylic acid groups (broad SMARTS) is 1. The highest BCUT2D eigenvalue weighted by atomic mass is 35.5. The monoisotopic (exact) mass is 603 g/mol. The molecule has 0 bridgehead atoms. The zero-order valence-electron chi connectivity index (χ0n) is 22.1. The molecular formula is C27H26ClN3O9S. The van der Waals surface area contributed by atoms with Crippen molar-refractivity contribution in [2.24, 2.45) is 0 Å². The minimum Gasteiger partial charge on any atom is -0.497 e. The summed E-state index contributed by atoms with van der Waals surface area (Å²) in [5.41, 5.74) is -2.05. The number of aliphatic hydroxyl groups excluding tert-OH is 1. The molecule has 1 amide bonds. The Labute approximate surface area is 240 Å². The number of benzene rings is 2. The van der Waals surface area contributed by atoms with Crippen LogP contribution in [0.1, 0.15) is 17.5 Å². The number of aliphatic hydroxyl groups is 1. The Morgan fingerprint density at radius 1 is 1.02 bits per heavy atom. The van der Waals surface area contributed by atoms with Gasteiger partial charge in [-0.2, -0.15) is 4.98 Å². The van der Waals surface area contributed by atoms with Crippen LogP contribution in [0, 0.1) is 0 Å². The van der Waals surface area contributed by atoms with Gasteiger partial charge in [0.2, 0.25) is 11.8 Å². The zero-order chi connectivity index (χ0) is 29.7. The topological polar surface area (TPSA) is 156 Å². The number of nitrogens with zero attached hydrogens (tertiary/aromatic N) is 3. The molecule has 41 heavy (non-hydrogen) atoms. The Balaban J connectivity index is 1.86. The number of sulfonamides is 1. The molecule has 2 N–H and O–H groups in total. The first-order valence-corrected chi connectivity index (χ1v) is 14.1. The van der Waals surface area contributed by atoms with Gasteiger partial charge in [-0.25, -0.2) is 12.7 Å². The Bertz CT molecular complexity index is 1630. The molecule has 216 valence electrons. The third-order valence-corrected chi connectivity index (χ3v) is 9.23. The third-order valence-electron chi connectivity index (χ3n) is 7.28. The van der Waals surface area contributed by atoms with E-state index in [2.05, 4.69) is 4.98 Å². The number of likely N-dealkylation sites (tertiary alicyclic amines) is 1. The normalized spacial score (nSPS) is 22.5. The van der Waals surface area contributed by atoms with Crippen LogP contribution in [0.3, 0.4) is 0 Å². The van der Waals surface area contributed by atoms with Crippen LogP contribution in [0.5, 0.6) is 17.5 Å². The van der Waals surface area contributed by atoms with E-state index in [1.165, 1.54) is 80.8 Å². The minimum absolute atomic E-state index is 0.0429. The average molecular weight is 604 g/mol. The molecule has 0 saturated carbocycles. The van der Waals surface area contributed by atoms with Crippen LogP contribution in [0.4, 0.5) is 5.69 Å². The number of anilines is 1. The Kier molecular flexibility index (Phi) is 7.32. The van der Waals surface area contributed by atoms with Crippen LogP contribution >= 0.6 is 11.6 Å². The fourth-order valence-electron chi connectivity index (χ4n) is 5.52. The predicted molar refractivity (Wildman–Crippen MR) is 146 cm³/mol. The largest absolute Gasteiger partial charge is 0.497 e. The number of halogens is 1. The van der Waals surface area contributed by atoms with Crippen LogP contribution in [0.25, 0.3) is 0 Å². The maximum absolute atomic E-state index is 14.9. The summed E-state index contributed by atoms with van der Waals surface area (Å²) < 4.78 is 44.8. The maximum Gasteiger partial charge on any atom is 0.321 e. The number of carbonyl (C=O) groups excluding carboxylic acids is 1. The molecule has 5 rings (SSSR count). The third kappa shape index (κ3) is 4.36. The smallest absolute Gasteiger partial charge is 0.321 e. The summed E-state index contributed by atoms with van der Waals surface area (Å²) in [7, 11) is -0.452. The lowest BCUT2D eigenvalue weighted by Crippen LogP contribution is -2.58. The summed E-state index contributed by atoms with van der Waals surface area (Å²) in [6.07, 6.45) is -1.34. The van der Waals surface area contributed by atoms with Gasteiger partial charge >= 0.3 is 5.97 Å². The van der Waals surface area contributed by atoms with Crippen molar-refractivity contribution in [3.05, 3.63) is 70.7 Å². The summed E-state index contributed by atoms with van der Waals surface area (Å²) in [5, 5.41) is 21.0. The number of ether oxygens (including phenoxy) is 3. The molecule has 14 heteroatoms. The van der Waals surface area contributed by atoms with Crippen LogP contribution in [-0.2, 0) is 25.2 Å². The maximum atomic E-state index is 14.9. The van der Waals surface area contributed by atoms with Crippen molar-refractivity contribution in [3.63, 3.8) is 0 Å². The van der Waals surface area contributed by atoms with Gasteiger partial charge in [0, 0.05) is 35.2 Å². The van der Waals surface area contributed by atoms with Gasteiger partial charge < -0.3 is 24.4 Å². The number of aliphatic carboxylic acids is 1. The van der Waals surface area contributed by atoms with E-state index in [0.29, 0.717) is 10.1 Å². The molecule has 2 aliphatic rings. The number of fused-ring (bicyclic) bond motifs is 1. The second kappa shape index (κ2) is 10.5. The van der Waals surface area contributed by atoms with E-state index in [0.717, 1.165) is 0 Å². The molecule has 0 radical (unpaired) electrons. The fraction of sp³-hybridized carbons (Fsp3) is 0.296. The van der Waals surface area contributed by atoms with E-state index in [1.54, 1.807) is 0 Å². The van der Waals surface area contributed by atoms with Gasteiger partial charge in [-0.3, -0.25) is 14.5 Å². The van der Waals surface area contributed by atoms with Crippen molar-refractivity contribution in [1.82, 2.24) is 9.88 Å². The van der Waals surface area contributed by atoms with Crippen LogP contribution in [0.2, 0.25) is 5.02 Å². The number of pyridine rings is 1. The molecule has 3 aromatic rings. The molecule has 3 heterocycles. The molecule has 0 spiro atoms. The number of rotatable bonds is 8. The minimum atomic E-state index is -4.57. The molecule has 1 unspecified atom stereocenters. The number of hydrogen-bond acceptors (Lipinski definition) is 10. The SMILES string of the molecule is COc1ccc(S(=O)(=O)N2C(=O)C(c3ccc(OC)nc3OC)(N3C[C@H](O)C[C@H]3C(=O)O)c3cc(Cl)ccc32)cc1. The summed E-state index contributed by atoms with van der Waals surface area (Å²) in [5.74, 6) is -1.90. The molecule has 3 atom stereocenters. The Hall–Kier alpha value is -3.91. The van der Waals surface area contributed by atoms with E-state index in [-0.39, 0.29) is 51.5 Å². The molecule has 2 aliphatic heterocycles. The lowest BCUT2D eigenvalue weighted by Gasteiger charge is -2.40. The number of carboxylic acids is 1. The molecule has 0 aliphatic carbocycles. The summed E-state index contributed by atoms with van der Waals surface area (Å²) in [6.45, 7) is -0.278. The highest BCUT2D eigenvalue weighted by molar-refractivity contribution is 7.93.